The van der Waals surface area contributed by atoms with Crippen molar-refractivity contribution in [1.29, 1.82) is 0 Å². The van der Waals surface area contributed by atoms with E-state index in [1.165, 1.54) is 6.07 Å². The summed E-state index contributed by atoms with van der Waals surface area (Å²) >= 11 is 0. The minimum atomic E-state index is -0.234. The molecule has 0 bridgehead atoms. The van der Waals surface area contributed by atoms with Gasteiger partial charge in [0.2, 0.25) is 5.91 Å². The van der Waals surface area contributed by atoms with Gasteiger partial charge in [-0.25, -0.2) is 9.37 Å². The van der Waals surface area contributed by atoms with Crippen LogP contribution in [-0.4, -0.2) is 29.0 Å². The fourth-order valence-corrected chi connectivity index (χ4v) is 4.19. The fraction of sp³-hybridized carbons (Fsp3) is 0.200. The Hall–Kier alpha value is -3.67. The lowest BCUT2D eigenvalue weighted by Gasteiger charge is -2.33. The summed E-state index contributed by atoms with van der Waals surface area (Å²) in [6.45, 7) is 1.64. The molecule has 0 atom stereocenters. The van der Waals surface area contributed by atoms with Gasteiger partial charge in [-0.3, -0.25) is 4.79 Å². The molecule has 31 heavy (non-hydrogen) atoms. The van der Waals surface area contributed by atoms with Gasteiger partial charge >= 0.3 is 0 Å². The molecule has 1 fully saturated rings. The molecular weight excluding hydrogens is 391 g/mol. The number of carbonyl (C=O) groups excluding carboxylic acids is 1. The molecule has 3 heterocycles. The van der Waals surface area contributed by atoms with Crippen LogP contribution in [0.4, 0.5) is 15.9 Å². The Balaban J connectivity index is 1.27. The Labute approximate surface area is 179 Å². The summed E-state index contributed by atoms with van der Waals surface area (Å²) in [7, 11) is 0. The largest absolute Gasteiger partial charge is 0.371 e. The number of hydrogen-bond donors (Lipinski definition) is 2. The van der Waals surface area contributed by atoms with Crippen molar-refractivity contribution in [3.05, 3.63) is 78.7 Å². The van der Waals surface area contributed by atoms with Crippen LogP contribution in [0.1, 0.15) is 12.8 Å². The van der Waals surface area contributed by atoms with Crippen LogP contribution in [0.2, 0.25) is 0 Å². The van der Waals surface area contributed by atoms with Gasteiger partial charge in [-0.05, 0) is 66.9 Å². The number of nitrogens with zero attached hydrogens (tertiary/aromatic N) is 2. The summed E-state index contributed by atoms with van der Waals surface area (Å²) in [6.07, 6.45) is 3.28. The van der Waals surface area contributed by atoms with E-state index in [-0.39, 0.29) is 17.6 Å². The topological polar surface area (TPSA) is 61.0 Å². The Morgan fingerprint density at radius 1 is 1.03 bits per heavy atom. The van der Waals surface area contributed by atoms with Gasteiger partial charge in [0.15, 0.2) is 0 Å². The number of aromatic amines is 1. The molecule has 2 aromatic heterocycles. The monoisotopic (exact) mass is 414 g/mol. The highest BCUT2D eigenvalue weighted by Gasteiger charge is 2.25. The van der Waals surface area contributed by atoms with E-state index in [0.717, 1.165) is 53.8 Å². The number of pyridine rings is 1. The summed E-state index contributed by atoms with van der Waals surface area (Å²) in [5.74, 6) is 0.394. The number of rotatable bonds is 4. The number of nitrogens with one attached hydrogen (secondary N) is 2. The van der Waals surface area contributed by atoms with Crippen molar-refractivity contribution >= 4 is 28.3 Å². The van der Waals surface area contributed by atoms with Crippen LogP contribution >= 0.6 is 0 Å². The molecule has 5 nitrogen and oxygen atoms in total. The predicted molar refractivity (Wildman–Crippen MR) is 121 cm³/mol. The minimum absolute atomic E-state index is 0.00922. The molecule has 2 N–H and O–H groups in total. The van der Waals surface area contributed by atoms with E-state index < -0.39 is 0 Å². The van der Waals surface area contributed by atoms with Crippen molar-refractivity contribution in [2.24, 2.45) is 5.92 Å². The van der Waals surface area contributed by atoms with Gasteiger partial charge in [-0.15, -0.1) is 0 Å². The smallest absolute Gasteiger partial charge is 0.228 e. The Morgan fingerprint density at radius 2 is 1.90 bits per heavy atom. The van der Waals surface area contributed by atoms with Crippen LogP contribution in [0, 0.1) is 11.7 Å². The van der Waals surface area contributed by atoms with E-state index in [0.29, 0.717) is 5.82 Å². The summed E-state index contributed by atoms with van der Waals surface area (Å²) in [6, 6.07) is 20.6. The molecule has 0 aliphatic carbocycles. The number of fused-ring (bicyclic) bond motifs is 1. The first-order valence-electron chi connectivity index (χ1n) is 10.5. The van der Waals surface area contributed by atoms with Crippen LogP contribution in [-0.2, 0) is 4.79 Å². The van der Waals surface area contributed by atoms with E-state index in [4.69, 9.17) is 0 Å². The fourth-order valence-electron chi connectivity index (χ4n) is 4.19. The van der Waals surface area contributed by atoms with E-state index in [2.05, 4.69) is 38.4 Å². The van der Waals surface area contributed by atoms with Crippen molar-refractivity contribution in [2.45, 2.75) is 12.8 Å². The number of halogens is 1. The maximum absolute atomic E-state index is 13.5. The first-order valence-corrected chi connectivity index (χ1v) is 10.5. The molecule has 4 aromatic rings. The number of anilines is 2. The SMILES string of the molecule is O=C(Nc1ccccn1)C1CCN(c2cccc(-c3cc4cc(F)ccc4[nH]3)c2)CC1. The molecule has 2 aromatic carbocycles. The molecule has 0 saturated carbocycles. The van der Waals surface area contributed by atoms with E-state index in [1.54, 1.807) is 24.4 Å². The summed E-state index contributed by atoms with van der Waals surface area (Å²) in [4.78, 5) is 22.4. The predicted octanol–water partition coefficient (Wildman–Crippen LogP) is 5.22. The zero-order chi connectivity index (χ0) is 21.2. The van der Waals surface area contributed by atoms with Gasteiger partial charge in [-0.2, -0.15) is 0 Å². The third-order valence-corrected chi connectivity index (χ3v) is 5.89. The second kappa shape index (κ2) is 8.22. The number of piperidine rings is 1. The summed E-state index contributed by atoms with van der Waals surface area (Å²) in [5.41, 5.74) is 4.07. The van der Waals surface area contributed by atoms with E-state index in [9.17, 15) is 9.18 Å². The first-order chi connectivity index (χ1) is 15.2. The highest BCUT2D eigenvalue weighted by atomic mass is 19.1. The quantitative estimate of drug-likeness (QED) is 0.481. The normalized spacial score (nSPS) is 14.7. The van der Waals surface area contributed by atoms with Crippen LogP contribution in [0.5, 0.6) is 0 Å². The number of carbonyl (C=O) groups is 1. The van der Waals surface area contributed by atoms with Crippen LogP contribution < -0.4 is 10.2 Å². The molecule has 0 spiro atoms. The van der Waals surface area contributed by atoms with Crippen molar-refractivity contribution in [3.63, 3.8) is 0 Å². The molecule has 1 amide bonds. The number of H-pyrrole nitrogens is 1. The van der Waals surface area contributed by atoms with Crippen molar-refractivity contribution in [2.75, 3.05) is 23.3 Å². The van der Waals surface area contributed by atoms with Crippen LogP contribution in [0.25, 0.3) is 22.2 Å². The molecular formula is C25H23FN4O. The van der Waals surface area contributed by atoms with Crippen molar-refractivity contribution < 1.29 is 9.18 Å². The number of hydrogen-bond acceptors (Lipinski definition) is 3. The van der Waals surface area contributed by atoms with Crippen molar-refractivity contribution in [3.8, 4) is 11.3 Å². The summed E-state index contributed by atoms with van der Waals surface area (Å²) in [5, 5.41) is 3.78. The molecule has 1 aliphatic rings. The van der Waals surface area contributed by atoms with Gasteiger partial charge in [0.25, 0.3) is 0 Å². The van der Waals surface area contributed by atoms with E-state index in [1.807, 2.05) is 24.3 Å². The lowest BCUT2D eigenvalue weighted by Crippen LogP contribution is -2.38. The van der Waals surface area contributed by atoms with Gasteiger partial charge in [-0.1, -0.05) is 18.2 Å². The highest BCUT2D eigenvalue weighted by molar-refractivity contribution is 5.92. The number of benzene rings is 2. The number of aromatic nitrogens is 2. The zero-order valence-corrected chi connectivity index (χ0v) is 17.0. The highest BCUT2D eigenvalue weighted by Crippen LogP contribution is 2.30. The maximum Gasteiger partial charge on any atom is 0.228 e. The molecule has 156 valence electrons. The lowest BCUT2D eigenvalue weighted by atomic mass is 9.95. The molecule has 1 saturated heterocycles. The second-order valence-electron chi connectivity index (χ2n) is 7.93. The molecule has 5 rings (SSSR count). The Morgan fingerprint density at radius 3 is 2.71 bits per heavy atom. The Kier molecular flexibility index (Phi) is 5.12. The maximum atomic E-state index is 13.5. The van der Waals surface area contributed by atoms with Crippen LogP contribution in [0.3, 0.4) is 0 Å². The number of amides is 1. The Bertz CT molecular complexity index is 1210. The van der Waals surface area contributed by atoms with Gasteiger partial charge in [0.05, 0.1) is 0 Å². The third kappa shape index (κ3) is 4.14. The van der Waals surface area contributed by atoms with Crippen LogP contribution in [0.15, 0.2) is 72.9 Å². The average Bonchev–Trinajstić information content (AvgIpc) is 3.23. The van der Waals surface area contributed by atoms with Gasteiger partial charge in [0, 0.05) is 47.5 Å². The molecule has 6 heteroatoms. The summed E-state index contributed by atoms with van der Waals surface area (Å²) < 4.78 is 13.5. The zero-order valence-electron chi connectivity index (χ0n) is 17.0. The second-order valence-corrected chi connectivity index (χ2v) is 7.93. The lowest BCUT2D eigenvalue weighted by molar-refractivity contribution is -0.120. The molecule has 0 radical (unpaired) electrons. The average molecular weight is 414 g/mol. The molecule has 0 unspecified atom stereocenters. The van der Waals surface area contributed by atoms with Crippen molar-refractivity contribution in [1.82, 2.24) is 9.97 Å². The molecule has 1 aliphatic heterocycles. The standard InChI is InChI=1S/C25H23FN4O/c26-20-7-8-22-19(14-20)16-23(28-22)18-4-3-5-21(15-18)30-12-9-17(10-13-30)25(31)29-24-6-1-2-11-27-24/h1-8,11,14-17,28H,9-10,12-13H2,(H,27,29,31). The minimum Gasteiger partial charge on any atom is -0.371 e. The van der Waals surface area contributed by atoms with Gasteiger partial charge in [0.1, 0.15) is 11.6 Å². The van der Waals surface area contributed by atoms with E-state index >= 15 is 0 Å². The van der Waals surface area contributed by atoms with Gasteiger partial charge < -0.3 is 15.2 Å². The third-order valence-electron chi connectivity index (χ3n) is 5.89. The first kappa shape index (κ1) is 19.3.